The molecule has 0 saturated carbocycles. The highest BCUT2D eigenvalue weighted by molar-refractivity contribution is 7.98. The normalized spacial score (nSPS) is 14.9. The van der Waals surface area contributed by atoms with E-state index in [1.807, 2.05) is 42.5 Å². The maximum atomic E-state index is 12.6. The average Bonchev–Trinajstić information content (AvgIpc) is 3.29. The molecule has 180 valence electrons. The highest BCUT2D eigenvalue weighted by Gasteiger charge is 2.25. The molecule has 1 amide bonds. The largest absolute Gasteiger partial charge is 0.355 e. The van der Waals surface area contributed by atoms with E-state index in [2.05, 4.69) is 20.4 Å². The van der Waals surface area contributed by atoms with E-state index in [1.165, 1.54) is 0 Å². The molecule has 3 aromatic rings. The van der Waals surface area contributed by atoms with Crippen molar-refractivity contribution in [3.05, 3.63) is 69.0 Å². The van der Waals surface area contributed by atoms with Gasteiger partial charge in [0.05, 0.1) is 6.54 Å². The molecule has 2 heterocycles. The molecule has 34 heavy (non-hydrogen) atoms. The lowest BCUT2D eigenvalue weighted by Crippen LogP contribution is -2.40. The molecular formula is C24H25Cl3N4O2S. The first-order valence-electron chi connectivity index (χ1n) is 11.1. The molecule has 0 bridgehead atoms. The number of nitrogens with one attached hydrogen (secondary N) is 1. The molecule has 2 aromatic carbocycles. The fraction of sp³-hybridized carbons (Fsp3) is 0.375. The Morgan fingerprint density at radius 3 is 2.59 bits per heavy atom. The summed E-state index contributed by atoms with van der Waals surface area (Å²) in [7, 11) is 0. The zero-order chi connectivity index (χ0) is 23.9. The van der Waals surface area contributed by atoms with Crippen molar-refractivity contribution in [1.82, 2.24) is 20.4 Å². The number of piperidine rings is 1. The van der Waals surface area contributed by atoms with Crippen LogP contribution in [0.3, 0.4) is 0 Å². The minimum Gasteiger partial charge on any atom is -0.355 e. The zero-order valence-electron chi connectivity index (χ0n) is 18.5. The van der Waals surface area contributed by atoms with E-state index in [-0.39, 0.29) is 11.8 Å². The number of halogens is 3. The first-order valence-corrected chi connectivity index (χ1v) is 13.4. The number of carbonyl (C=O) groups is 1. The standard InChI is InChI=1S/C24H25Cl3N4O2S/c25-18-4-1-3-17(13-18)23-29-22(33-30-23)14-31-10-7-16(8-11-31)24(32)28-9-12-34-15-19-20(26)5-2-6-21(19)27/h1-6,13,16H,7-12,14-15H2,(H,28,32). The number of aromatic nitrogens is 2. The van der Waals surface area contributed by atoms with Gasteiger partial charge in [-0.15, -0.1) is 0 Å². The van der Waals surface area contributed by atoms with Gasteiger partial charge in [-0.3, -0.25) is 9.69 Å². The Bertz CT molecular complexity index is 1100. The lowest BCUT2D eigenvalue weighted by atomic mass is 9.96. The average molecular weight is 540 g/mol. The number of hydrogen-bond acceptors (Lipinski definition) is 6. The van der Waals surface area contributed by atoms with Gasteiger partial charge in [-0.05, 0) is 55.8 Å². The molecule has 6 nitrogen and oxygen atoms in total. The summed E-state index contributed by atoms with van der Waals surface area (Å²) in [4.78, 5) is 19.3. The molecule has 1 saturated heterocycles. The van der Waals surface area contributed by atoms with Gasteiger partial charge in [-0.1, -0.05) is 58.2 Å². The van der Waals surface area contributed by atoms with E-state index in [4.69, 9.17) is 39.3 Å². The summed E-state index contributed by atoms with van der Waals surface area (Å²) < 4.78 is 5.41. The Kier molecular flexibility index (Phi) is 9.14. The molecule has 0 atom stereocenters. The van der Waals surface area contributed by atoms with Crippen LogP contribution in [0.25, 0.3) is 11.4 Å². The first-order chi connectivity index (χ1) is 16.5. The smallest absolute Gasteiger partial charge is 0.241 e. The Hall–Kier alpha value is -1.77. The summed E-state index contributed by atoms with van der Waals surface area (Å²) in [5, 5.41) is 9.11. The van der Waals surface area contributed by atoms with Crippen LogP contribution in [0, 0.1) is 5.92 Å². The number of carbonyl (C=O) groups excluding carboxylic acids is 1. The topological polar surface area (TPSA) is 71.3 Å². The lowest BCUT2D eigenvalue weighted by molar-refractivity contribution is -0.126. The summed E-state index contributed by atoms with van der Waals surface area (Å²) in [5.41, 5.74) is 1.77. The van der Waals surface area contributed by atoms with Gasteiger partial charge in [0.2, 0.25) is 17.6 Å². The first kappa shape index (κ1) is 25.3. The molecular weight excluding hydrogens is 515 g/mol. The molecule has 1 N–H and O–H groups in total. The number of thioether (sulfide) groups is 1. The van der Waals surface area contributed by atoms with Crippen LogP contribution >= 0.6 is 46.6 Å². The van der Waals surface area contributed by atoms with Crippen LogP contribution in [0.2, 0.25) is 15.1 Å². The maximum Gasteiger partial charge on any atom is 0.241 e. The van der Waals surface area contributed by atoms with Crippen molar-refractivity contribution in [2.24, 2.45) is 5.92 Å². The monoisotopic (exact) mass is 538 g/mol. The summed E-state index contributed by atoms with van der Waals surface area (Å²) in [6.07, 6.45) is 1.62. The van der Waals surface area contributed by atoms with E-state index in [0.717, 1.165) is 48.6 Å². The Morgan fingerprint density at radius 1 is 1.12 bits per heavy atom. The molecule has 0 aliphatic carbocycles. The Morgan fingerprint density at radius 2 is 1.85 bits per heavy atom. The molecule has 1 fully saturated rings. The van der Waals surface area contributed by atoms with Crippen molar-refractivity contribution in [3.8, 4) is 11.4 Å². The number of nitrogens with zero attached hydrogens (tertiary/aromatic N) is 3. The van der Waals surface area contributed by atoms with Gasteiger partial charge in [0.1, 0.15) is 0 Å². The second-order valence-corrected chi connectivity index (χ2v) is 10.5. The lowest BCUT2D eigenvalue weighted by Gasteiger charge is -2.30. The SMILES string of the molecule is O=C(NCCSCc1c(Cl)cccc1Cl)C1CCN(Cc2nc(-c3cccc(Cl)c3)no2)CC1. The van der Waals surface area contributed by atoms with E-state index in [9.17, 15) is 4.79 Å². The van der Waals surface area contributed by atoms with Crippen LogP contribution in [-0.4, -0.2) is 46.3 Å². The number of likely N-dealkylation sites (tertiary alicyclic amines) is 1. The van der Waals surface area contributed by atoms with Gasteiger partial charge < -0.3 is 9.84 Å². The van der Waals surface area contributed by atoms with Crippen LogP contribution < -0.4 is 5.32 Å². The van der Waals surface area contributed by atoms with Crippen LogP contribution in [0.5, 0.6) is 0 Å². The minimum atomic E-state index is 0.0315. The maximum absolute atomic E-state index is 12.6. The molecule has 10 heteroatoms. The van der Waals surface area contributed by atoms with E-state index in [0.29, 0.717) is 39.9 Å². The van der Waals surface area contributed by atoms with Gasteiger partial charge in [-0.25, -0.2) is 0 Å². The predicted octanol–water partition coefficient (Wildman–Crippen LogP) is 5.96. The highest BCUT2D eigenvalue weighted by Crippen LogP contribution is 2.28. The molecule has 1 aromatic heterocycles. The molecule has 0 unspecified atom stereocenters. The number of benzene rings is 2. The quantitative estimate of drug-likeness (QED) is 0.338. The second kappa shape index (κ2) is 12.3. The van der Waals surface area contributed by atoms with Crippen LogP contribution in [0.15, 0.2) is 47.0 Å². The van der Waals surface area contributed by atoms with Crippen molar-refractivity contribution in [2.75, 3.05) is 25.4 Å². The van der Waals surface area contributed by atoms with E-state index in [1.54, 1.807) is 11.8 Å². The Balaban J connectivity index is 1.15. The van der Waals surface area contributed by atoms with Gasteiger partial charge in [0, 0.05) is 44.6 Å². The fourth-order valence-electron chi connectivity index (χ4n) is 3.84. The zero-order valence-corrected chi connectivity index (χ0v) is 21.6. The minimum absolute atomic E-state index is 0.0315. The van der Waals surface area contributed by atoms with Crippen molar-refractivity contribution in [2.45, 2.75) is 25.1 Å². The fourth-order valence-corrected chi connectivity index (χ4v) is 5.63. The summed E-state index contributed by atoms with van der Waals surface area (Å²) >= 11 is 20.2. The summed E-state index contributed by atoms with van der Waals surface area (Å²) in [6, 6.07) is 12.9. The Labute approximate surface area is 218 Å². The summed E-state index contributed by atoms with van der Waals surface area (Å²) in [5.74, 6) is 2.77. The third kappa shape index (κ3) is 6.89. The van der Waals surface area contributed by atoms with E-state index < -0.39 is 0 Å². The van der Waals surface area contributed by atoms with Gasteiger partial charge in [0.25, 0.3) is 0 Å². The van der Waals surface area contributed by atoms with Crippen molar-refractivity contribution in [1.29, 1.82) is 0 Å². The van der Waals surface area contributed by atoms with Gasteiger partial charge in [0.15, 0.2) is 0 Å². The van der Waals surface area contributed by atoms with Gasteiger partial charge >= 0.3 is 0 Å². The highest BCUT2D eigenvalue weighted by atomic mass is 35.5. The molecule has 0 spiro atoms. The third-order valence-corrected chi connectivity index (χ3v) is 7.65. The van der Waals surface area contributed by atoms with Crippen molar-refractivity contribution < 1.29 is 9.32 Å². The second-order valence-electron chi connectivity index (χ2n) is 8.12. The molecule has 1 aliphatic heterocycles. The van der Waals surface area contributed by atoms with Crippen LogP contribution in [0.1, 0.15) is 24.3 Å². The molecule has 4 rings (SSSR count). The molecule has 0 radical (unpaired) electrons. The number of hydrogen-bond donors (Lipinski definition) is 1. The third-order valence-electron chi connectivity index (χ3n) is 5.72. The van der Waals surface area contributed by atoms with Crippen molar-refractivity contribution >= 4 is 52.5 Å². The predicted molar refractivity (Wildman–Crippen MR) is 138 cm³/mol. The van der Waals surface area contributed by atoms with E-state index >= 15 is 0 Å². The van der Waals surface area contributed by atoms with Crippen molar-refractivity contribution in [3.63, 3.8) is 0 Å². The van der Waals surface area contributed by atoms with Crippen LogP contribution in [0.4, 0.5) is 0 Å². The number of amides is 1. The molecule has 1 aliphatic rings. The van der Waals surface area contributed by atoms with Crippen LogP contribution in [-0.2, 0) is 17.1 Å². The number of rotatable bonds is 9. The van der Waals surface area contributed by atoms with Gasteiger partial charge in [-0.2, -0.15) is 16.7 Å². The summed E-state index contributed by atoms with van der Waals surface area (Å²) in [6.45, 7) is 2.82.